The second kappa shape index (κ2) is 8.37. The van der Waals surface area contributed by atoms with Crippen LogP contribution < -0.4 is 10.6 Å². The first-order chi connectivity index (χ1) is 11.0. The summed E-state index contributed by atoms with van der Waals surface area (Å²) in [5, 5.41) is 6.32. The molecule has 0 aliphatic rings. The molecule has 23 heavy (non-hydrogen) atoms. The summed E-state index contributed by atoms with van der Waals surface area (Å²) < 4.78 is 0. The molecule has 3 heteroatoms. The first-order valence-electron chi connectivity index (χ1n) is 8.22. The normalized spacial score (nSPS) is 13.2. The van der Waals surface area contributed by atoms with Crippen LogP contribution in [0.15, 0.2) is 54.6 Å². The fourth-order valence-corrected chi connectivity index (χ4v) is 2.43. The van der Waals surface area contributed by atoms with Gasteiger partial charge in [-0.15, -0.1) is 0 Å². The van der Waals surface area contributed by atoms with Gasteiger partial charge in [-0.1, -0.05) is 48.0 Å². The summed E-state index contributed by atoms with van der Waals surface area (Å²) in [6.45, 7) is 5.99. The molecule has 0 radical (unpaired) electrons. The Kier molecular flexibility index (Phi) is 6.21. The number of carbonyl (C=O) groups is 1. The van der Waals surface area contributed by atoms with Crippen molar-refractivity contribution in [2.45, 2.75) is 45.7 Å². The van der Waals surface area contributed by atoms with Gasteiger partial charge in [0.2, 0.25) is 5.91 Å². The van der Waals surface area contributed by atoms with Gasteiger partial charge in [0, 0.05) is 11.7 Å². The molecule has 2 atom stereocenters. The van der Waals surface area contributed by atoms with Crippen LogP contribution >= 0.6 is 0 Å². The van der Waals surface area contributed by atoms with Crippen LogP contribution in [0.4, 0.5) is 5.69 Å². The van der Waals surface area contributed by atoms with Crippen molar-refractivity contribution in [1.29, 1.82) is 0 Å². The van der Waals surface area contributed by atoms with Crippen LogP contribution in [0.5, 0.6) is 0 Å². The van der Waals surface area contributed by atoms with E-state index in [1.807, 2.05) is 56.3 Å². The number of carbonyl (C=O) groups excluding carboxylic acids is 1. The summed E-state index contributed by atoms with van der Waals surface area (Å²) in [4.78, 5) is 12.3. The first-order valence-corrected chi connectivity index (χ1v) is 8.22. The van der Waals surface area contributed by atoms with Crippen LogP contribution in [0.1, 0.15) is 31.4 Å². The Labute approximate surface area is 139 Å². The van der Waals surface area contributed by atoms with Crippen molar-refractivity contribution in [1.82, 2.24) is 5.32 Å². The standard InChI is InChI=1S/C20H26N2O/c1-15-9-13-19(14-10-15)22-17(3)20(23)21-16(2)11-12-18-7-5-4-6-8-18/h4-10,13-14,16-17,22H,11-12H2,1-3H3,(H,21,23)/t16-,17-/m0/s1. The molecule has 2 N–H and O–H groups in total. The highest BCUT2D eigenvalue weighted by atomic mass is 16.2. The van der Waals surface area contributed by atoms with E-state index in [9.17, 15) is 4.79 Å². The smallest absolute Gasteiger partial charge is 0.242 e. The van der Waals surface area contributed by atoms with Gasteiger partial charge in [0.05, 0.1) is 0 Å². The van der Waals surface area contributed by atoms with E-state index in [1.54, 1.807) is 0 Å². The molecule has 0 heterocycles. The molecule has 0 saturated heterocycles. The molecule has 0 aromatic heterocycles. The Morgan fingerprint density at radius 1 is 1.00 bits per heavy atom. The lowest BCUT2D eigenvalue weighted by Gasteiger charge is -2.19. The molecule has 2 aromatic carbocycles. The Balaban J connectivity index is 1.77. The zero-order valence-electron chi connectivity index (χ0n) is 14.2. The summed E-state index contributed by atoms with van der Waals surface area (Å²) in [7, 11) is 0. The van der Waals surface area contributed by atoms with Gasteiger partial charge in [-0.05, 0) is 51.3 Å². The number of aryl methyl sites for hydroxylation is 2. The van der Waals surface area contributed by atoms with E-state index in [4.69, 9.17) is 0 Å². The van der Waals surface area contributed by atoms with Crippen molar-refractivity contribution >= 4 is 11.6 Å². The highest BCUT2D eigenvalue weighted by molar-refractivity contribution is 5.84. The minimum absolute atomic E-state index is 0.0335. The molecule has 0 saturated carbocycles. The monoisotopic (exact) mass is 310 g/mol. The summed E-state index contributed by atoms with van der Waals surface area (Å²) in [5.74, 6) is 0.0335. The fraction of sp³-hybridized carbons (Fsp3) is 0.350. The van der Waals surface area contributed by atoms with E-state index in [2.05, 4.69) is 29.7 Å². The molecular formula is C20H26N2O. The molecule has 0 aliphatic carbocycles. The van der Waals surface area contributed by atoms with E-state index >= 15 is 0 Å². The van der Waals surface area contributed by atoms with Crippen LogP contribution in [0, 0.1) is 6.92 Å². The van der Waals surface area contributed by atoms with Crippen molar-refractivity contribution in [2.75, 3.05) is 5.32 Å². The lowest BCUT2D eigenvalue weighted by molar-refractivity contribution is -0.122. The van der Waals surface area contributed by atoms with E-state index < -0.39 is 0 Å². The molecule has 0 bridgehead atoms. The third-order valence-electron chi connectivity index (χ3n) is 3.93. The van der Waals surface area contributed by atoms with Gasteiger partial charge in [-0.3, -0.25) is 4.79 Å². The molecule has 122 valence electrons. The maximum atomic E-state index is 12.3. The number of nitrogens with one attached hydrogen (secondary N) is 2. The largest absolute Gasteiger partial charge is 0.374 e. The van der Waals surface area contributed by atoms with Gasteiger partial charge in [0.25, 0.3) is 0 Å². The molecular weight excluding hydrogens is 284 g/mol. The van der Waals surface area contributed by atoms with Crippen molar-refractivity contribution < 1.29 is 4.79 Å². The maximum absolute atomic E-state index is 12.3. The number of hydrogen-bond acceptors (Lipinski definition) is 2. The highest BCUT2D eigenvalue weighted by Crippen LogP contribution is 2.10. The average molecular weight is 310 g/mol. The summed E-state index contributed by atoms with van der Waals surface area (Å²) >= 11 is 0. The second-order valence-electron chi connectivity index (χ2n) is 6.17. The van der Waals surface area contributed by atoms with Crippen LogP contribution in [0.2, 0.25) is 0 Å². The molecule has 0 spiro atoms. The van der Waals surface area contributed by atoms with Crippen molar-refractivity contribution in [2.24, 2.45) is 0 Å². The van der Waals surface area contributed by atoms with E-state index in [0.29, 0.717) is 0 Å². The predicted octanol–water partition coefficient (Wildman–Crippen LogP) is 3.93. The number of rotatable bonds is 7. The third kappa shape index (κ3) is 5.78. The van der Waals surface area contributed by atoms with E-state index in [-0.39, 0.29) is 18.0 Å². The quantitative estimate of drug-likeness (QED) is 0.813. The van der Waals surface area contributed by atoms with Crippen molar-refractivity contribution in [3.8, 4) is 0 Å². The van der Waals surface area contributed by atoms with Crippen LogP contribution in [-0.2, 0) is 11.2 Å². The number of anilines is 1. The minimum atomic E-state index is -0.253. The molecule has 0 fully saturated rings. The Morgan fingerprint density at radius 2 is 1.65 bits per heavy atom. The summed E-state index contributed by atoms with van der Waals surface area (Å²) in [6.07, 6.45) is 1.91. The SMILES string of the molecule is Cc1ccc(N[C@@H](C)C(=O)N[C@@H](C)CCc2ccccc2)cc1. The zero-order chi connectivity index (χ0) is 16.7. The lowest BCUT2D eigenvalue weighted by atomic mass is 10.1. The lowest BCUT2D eigenvalue weighted by Crippen LogP contribution is -2.42. The van der Waals surface area contributed by atoms with Crippen molar-refractivity contribution in [3.05, 3.63) is 65.7 Å². The molecule has 0 aliphatic heterocycles. The summed E-state index contributed by atoms with van der Waals surface area (Å²) in [6, 6.07) is 18.3. The first kappa shape index (κ1) is 17.1. The third-order valence-corrected chi connectivity index (χ3v) is 3.93. The Morgan fingerprint density at radius 3 is 2.30 bits per heavy atom. The van der Waals surface area contributed by atoms with Gasteiger partial charge >= 0.3 is 0 Å². The molecule has 1 amide bonds. The number of hydrogen-bond donors (Lipinski definition) is 2. The van der Waals surface area contributed by atoms with Crippen LogP contribution in [0.25, 0.3) is 0 Å². The molecule has 0 unspecified atom stereocenters. The average Bonchev–Trinajstić information content (AvgIpc) is 2.56. The van der Waals surface area contributed by atoms with E-state index in [1.165, 1.54) is 11.1 Å². The topological polar surface area (TPSA) is 41.1 Å². The number of benzene rings is 2. The fourth-order valence-electron chi connectivity index (χ4n) is 2.43. The highest BCUT2D eigenvalue weighted by Gasteiger charge is 2.15. The van der Waals surface area contributed by atoms with Crippen LogP contribution in [-0.4, -0.2) is 18.0 Å². The van der Waals surface area contributed by atoms with Gasteiger partial charge in [0.15, 0.2) is 0 Å². The van der Waals surface area contributed by atoms with E-state index in [0.717, 1.165) is 18.5 Å². The minimum Gasteiger partial charge on any atom is -0.374 e. The van der Waals surface area contributed by atoms with Gasteiger partial charge in [0.1, 0.15) is 6.04 Å². The van der Waals surface area contributed by atoms with Gasteiger partial charge in [-0.2, -0.15) is 0 Å². The van der Waals surface area contributed by atoms with Gasteiger partial charge in [-0.25, -0.2) is 0 Å². The number of amides is 1. The Bertz CT molecular complexity index is 607. The molecule has 2 aromatic rings. The Hall–Kier alpha value is -2.29. The zero-order valence-corrected chi connectivity index (χ0v) is 14.2. The summed E-state index contributed by atoms with van der Waals surface area (Å²) in [5.41, 5.74) is 3.48. The molecule has 2 rings (SSSR count). The predicted molar refractivity (Wildman–Crippen MR) is 96.6 cm³/mol. The van der Waals surface area contributed by atoms with Gasteiger partial charge < -0.3 is 10.6 Å². The molecule has 3 nitrogen and oxygen atoms in total. The van der Waals surface area contributed by atoms with Crippen molar-refractivity contribution in [3.63, 3.8) is 0 Å². The maximum Gasteiger partial charge on any atom is 0.242 e. The van der Waals surface area contributed by atoms with Crippen LogP contribution in [0.3, 0.4) is 0 Å². The second-order valence-corrected chi connectivity index (χ2v) is 6.17.